The highest BCUT2D eigenvalue weighted by Crippen LogP contribution is 2.26. The fraction of sp³-hybridized carbons (Fsp3) is 0.688. The molecule has 24 heavy (non-hydrogen) atoms. The maximum atomic E-state index is 12.0. The number of carbonyl (C=O) groups is 1. The van der Waals surface area contributed by atoms with E-state index in [-0.39, 0.29) is 5.56 Å². The molecule has 0 radical (unpaired) electrons. The summed E-state index contributed by atoms with van der Waals surface area (Å²) in [7, 11) is 1.63. The van der Waals surface area contributed by atoms with E-state index in [0.717, 1.165) is 31.6 Å². The largest absolute Gasteiger partial charge is 0.444 e. The fourth-order valence-electron chi connectivity index (χ4n) is 2.71. The second-order valence-electron chi connectivity index (χ2n) is 7.11. The van der Waals surface area contributed by atoms with Gasteiger partial charge >= 0.3 is 6.09 Å². The molecule has 1 atom stereocenters. The van der Waals surface area contributed by atoms with E-state index in [2.05, 4.69) is 31.2 Å². The molecule has 0 aliphatic carbocycles. The van der Waals surface area contributed by atoms with Gasteiger partial charge in [-0.1, -0.05) is 0 Å². The van der Waals surface area contributed by atoms with Crippen LogP contribution in [0, 0.1) is 5.92 Å². The van der Waals surface area contributed by atoms with Gasteiger partial charge in [-0.2, -0.15) is 5.10 Å². The number of nitrogens with one attached hydrogen (secondary N) is 1. The predicted molar refractivity (Wildman–Crippen MR) is 96.4 cm³/mol. The molecule has 1 fully saturated rings. The van der Waals surface area contributed by atoms with Crippen LogP contribution >= 0.6 is 15.9 Å². The fourth-order valence-corrected chi connectivity index (χ4v) is 3.32. The first-order chi connectivity index (χ1) is 11.2. The summed E-state index contributed by atoms with van der Waals surface area (Å²) in [5, 5.41) is 6.93. The van der Waals surface area contributed by atoms with E-state index >= 15 is 0 Å². The molecule has 1 aliphatic heterocycles. The van der Waals surface area contributed by atoms with E-state index in [0.29, 0.717) is 16.9 Å². The van der Waals surface area contributed by atoms with Crippen LogP contribution in [0.3, 0.4) is 0 Å². The number of rotatable bonds is 3. The third-order valence-corrected chi connectivity index (χ3v) is 4.60. The lowest BCUT2D eigenvalue weighted by atomic mass is 9.98. The minimum Gasteiger partial charge on any atom is -0.444 e. The van der Waals surface area contributed by atoms with Crippen LogP contribution in [0.5, 0.6) is 0 Å². The molecule has 1 amide bonds. The Labute approximate surface area is 150 Å². The minimum atomic E-state index is -0.497. The smallest absolute Gasteiger partial charge is 0.407 e. The van der Waals surface area contributed by atoms with Gasteiger partial charge in [-0.25, -0.2) is 9.48 Å². The Hall–Kier alpha value is -1.57. The van der Waals surface area contributed by atoms with E-state index in [4.69, 9.17) is 4.74 Å². The molecule has 1 aromatic heterocycles. The number of amides is 1. The van der Waals surface area contributed by atoms with Crippen molar-refractivity contribution in [3.05, 3.63) is 21.0 Å². The van der Waals surface area contributed by atoms with Crippen LogP contribution in [-0.4, -0.2) is 41.1 Å². The number of aromatic nitrogens is 2. The van der Waals surface area contributed by atoms with Gasteiger partial charge in [0.05, 0.1) is 11.9 Å². The maximum Gasteiger partial charge on any atom is 0.407 e. The molecular weight excluding hydrogens is 376 g/mol. The van der Waals surface area contributed by atoms with Gasteiger partial charge in [0.2, 0.25) is 0 Å². The summed E-state index contributed by atoms with van der Waals surface area (Å²) < 4.78 is 7.10. The van der Waals surface area contributed by atoms with Crippen molar-refractivity contribution in [3.8, 4) is 0 Å². The van der Waals surface area contributed by atoms with E-state index in [1.54, 1.807) is 13.2 Å². The van der Waals surface area contributed by atoms with E-state index < -0.39 is 11.7 Å². The SMILES string of the molecule is Cn1ncc(N2CCCC(CNC(=O)OC(C)(C)C)C2)c(Br)c1=O. The molecule has 0 saturated carbocycles. The summed E-state index contributed by atoms with van der Waals surface area (Å²) in [6, 6.07) is 0. The Balaban J connectivity index is 1.96. The Morgan fingerprint density at radius 2 is 2.21 bits per heavy atom. The molecule has 0 aromatic carbocycles. The van der Waals surface area contributed by atoms with Crippen LogP contribution in [0.15, 0.2) is 15.5 Å². The van der Waals surface area contributed by atoms with Gasteiger partial charge in [-0.15, -0.1) is 0 Å². The van der Waals surface area contributed by atoms with Crippen molar-refractivity contribution in [1.82, 2.24) is 15.1 Å². The van der Waals surface area contributed by atoms with E-state index in [1.165, 1.54) is 4.68 Å². The number of aryl methyl sites for hydroxylation is 1. The molecule has 1 unspecified atom stereocenters. The summed E-state index contributed by atoms with van der Waals surface area (Å²) >= 11 is 3.38. The number of piperidine rings is 1. The van der Waals surface area contributed by atoms with Gasteiger partial charge in [-0.05, 0) is 55.5 Å². The lowest BCUT2D eigenvalue weighted by molar-refractivity contribution is 0.0517. The lowest BCUT2D eigenvalue weighted by Crippen LogP contribution is -2.43. The minimum absolute atomic E-state index is 0.151. The van der Waals surface area contributed by atoms with Crippen LogP contribution < -0.4 is 15.8 Å². The van der Waals surface area contributed by atoms with Crippen molar-refractivity contribution in [2.24, 2.45) is 13.0 Å². The molecule has 1 N–H and O–H groups in total. The average Bonchev–Trinajstić information content (AvgIpc) is 2.49. The van der Waals surface area contributed by atoms with Crippen LogP contribution in [0.4, 0.5) is 10.5 Å². The Bertz CT molecular complexity index is 654. The van der Waals surface area contributed by atoms with E-state index in [1.807, 2.05) is 20.8 Å². The second kappa shape index (κ2) is 7.55. The van der Waals surface area contributed by atoms with Crippen molar-refractivity contribution >= 4 is 27.7 Å². The highest BCUT2D eigenvalue weighted by molar-refractivity contribution is 9.10. The summed E-state index contributed by atoms with van der Waals surface area (Å²) in [6.07, 6.45) is 3.34. The van der Waals surface area contributed by atoms with Gasteiger partial charge in [0.25, 0.3) is 5.56 Å². The quantitative estimate of drug-likeness (QED) is 0.841. The monoisotopic (exact) mass is 400 g/mol. The van der Waals surface area contributed by atoms with Crippen molar-refractivity contribution < 1.29 is 9.53 Å². The van der Waals surface area contributed by atoms with Crippen molar-refractivity contribution in [1.29, 1.82) is 0 Å². The van der Waals surface area contributed by atoms with Crippen molar-refractivity contribution in [2.75, 3.05) is 24.5 Å². The molecule has 8 heteroatoms. The Kier molecular flexibility index (Phi) is 5.90. The summed E-state index contributed by atoms with van der Waals surface area (Å²) in [5.41, 5.74) is 0.158. The van der Waals surface area contributed by atoms with Crippen LogP contribution in [0.1, 0.15) is 33.6 Å². The number of hydrogen-bond acceptors (Lipinski definition) is 5. The molecule has 134 valence electrons. The lowest BCUT2D eigenvalue weighted by Gasteiger charge is -2.34. The number of halogens is 1. The van der Waals surface area contributed by atoms with Gasteiger partial charge in [0, 0.05) is 26.7 Å². The summed E-state index contributed by atoms with van der Waals surface area (Å²) in [6.45, 7) is 7.72. The topological polar surface area (TPSA) is 76.5 Å². The number of anilines is 1. The molecule has 1 saturated heterocycles. The van der Waals surface area contributed by atoms with Gasteiger partial charge in [0.1, 0.15) is 10.1 Å². The van der Waals surface area contributed by atoms with Crippen molar-refractivity contribution in [2.45, 2.75) is 39.2 Å². The highest BCUT2D eigenvalue weighted by atomic mass is 79.9. The predicted octanol–water partition coefficient (Wildman–Crippen LogP) is 2.28. The van der Waals surface area contributed by atoms with E-state index in [9.17, 15) is 9.59 Å². The summed E-state index contributed by atoms with van der Waals surface area (Å²) in [5.74, 6) is 0.308. The third kappa shape index (κ3) is 4.96. The molecule has 2 heterocycles. The van der Waals surface area contributed by atoms with Gasteiger partial charge in [0.15, 0.2) is 0 Å². The first-order valence-corrected chi connectivity index (χ1v) is 8.90. The van der Waals surface area contributed by atoms with Crippen LogP contribution in [0.25, 0.3) is 0 Å². The maximum absolute atomic E-state index is 12.0. The normalized spacial score (nSPS) is 18.4. The molecule has 0 spiro atoms. The van der Waals surface area contributed by atoms with Crippen molar-refractivity contribution in [3.63, 3.8) is 0 Å². The summed E-state index contributed by atoms with van der Waals surface area (Å²) in [4.78, 5) is 25.9. The van der Waals surface area contributed by atoms with Gasteiger partial charge in [-0.3, -0.25) is 4.79 Å². The zero-order valence-corrected chi connectivity index (χ0v) is 16.2. The molecule has 7 nitrogen and oxygen atoms in total. The molecule has 0 bridgehead atoms. The number of alkyl carbamates (subject to hydrolysis) is 1. The Morgan fingerprint density at radius 1 is 1.50 bits per heavy atom. The van der Waals surface area contributed by atoms with Crippen LogP contribution in [-0.2, 0) is 11.8 Å². The number of carbonyl (C=O) groups excluding carboxylic acids is 1. The molecule has 2 rings (SSSR count). The second-order valence-corrected chi connectivity index (χ2v) is 7.90. The Morgan fingerprint density at radius 3 is 2.88 bits per heavy atom. The zero-order chi connectivity index (χ0) is 17.9. The standard InChI is InChI=1S/C16H25BrN4O3/c1-16(2,3)24-15(23)18-8-11-6-5-7-21(10-11)12-9-19-20(4)14(22)13(12)17/h9,11H,5-8,10H2,1-4H3,(H,18,23). The first-order valence-electron chi connectivity index (χ1n) is 8.11. The highest BCUT2D eigenvalue weighted by Gasteiger charge is 2.24. The number of hydrogen-bond donors (Lipinski definition) is 1. The van der Waals surface area contributed by atoms with Crippen LogP contribution in [0.2, 0.25) is 0 Å². The zero-order valence-electron chi connectivity index (χ0n) is 14.6. The molecule has 1 aromatic rings. The third-order valence-electron chi connectivity index (χ3n) is 3.85. The molecular formula is C16H25BrN4O3. The molecule has 1 aliphatic rings. The van der Waals surface area contributed by atoms with Gasteiger partial charge < -0.3 is 15.0 Å². The number of nitrogens with zero attached hydrogens (tertiary/aromatic N) is 3. The first kappa shape index (κ1) is 18.8. The number of ether oxygens (including phenoxy) is 1. The average molecular weight is 401 g/mol.